The van der Waals surface area contributed by atoms with Crippen molar-refractivity contribution in [2.45, 2.75) is 43.7 Å². The Labute approximate surface area is 129 Å². The molecule has 0 bridgehead atoms. The summed E-state index contributed by atoms with van der Waals surface area (Å²) in [7, 11) is 1.37. The highest BCUT2D eigenvalue weighted by Crippen LogP contribution is 2.49. The van der Waals surface area contributed by atoms with E-state index in [9.17, 15) is 14.3 Å². The summed E-state index contributed by atoms with van der Waals surface area (Å²) in [5.41, 5.74) is 0.124. The number of likely N-dealkylation sites (tertiary alicyclic amines) is 1. The van der Waals surface area contributed by atoms with Gasteiger partial charge in [-0.3, -0.25) is 0 Å². The lowest BCUT2D eigenvalue weighted by Crippen LogP contribution is -2.56. The number of carbonyl (C=O) groups excluding carboxylic acids is 1. The standard InChI is InChI=1S/C17H22FNO3/c1-22-16(20)19-11-10-17(21)9-3-2-4-14(17)15(19)12-5-7-13(18)8-6-12/h5-8,14-15,21H,2-4,9-11H2,1H3/t14-,15+,17+/m1/s1. The van der Waals surface area contributed by atoms with Crippen molar-refractivity contribution >= 4 is 6.09 Å². The van der Waals surface area contributed by atoms with Crippen LogP contribution in [0.15, 0.2) is 24.3 Å². The predicted octanol–water partition coefficient (Wildman–Crippen LogP) is 3.26. The Morgan fingerprint density at radius 2 is 2.05 bits per heavy atom. The summed E-state index contributed by atoms with van der Waals surface area (Å²) in [6.45, 7) is 0.460. The minimum atomic E-state index is -0.734. The molecule has 0 unspecified atom stereocenters. The highest BCUT2D eigenvalue weighted by molar-refractivity contribution is 5.68. The fourth-order valence-electron chi connectivity index (χ4n) is 4.08. The highest BCUT2D eigenvalue weighted by atomic mass is 19.1. The van der Waals surface area contributed by atoms with Crippen molar-refractivity contribution < 1.29 is 19.0 Å². The number of benzene rings is 1. The Balaban J connectivity index is 2.00. The van der Waals surface area contributed by atoms with Crippen molar-refractivity contribution in [3.63, 3.8) is 0 Å². The largest absolute Gasteiger partial charge is 0.453 e. The molecule has 1 saturated heterocycles. The van der Waals surface area contributed by atoms with Gasteiger partial charge in [0.15, 0.2) is 0 Å². The molecule has 1 heterocycles. The van der Waals surface area contributed by atoms with Crippen LogP contribution in [0.25, 0.3) is 0 Å². The Hall–Kier alpha value is -1.62. The van der Waals surface area contributed by atoms with Crippen molar-refractivity contribution in [1.82, 2.24) is 4.90 Å². The number of halogens is 1. The second-order valence-corrected chi connectivity index (χ2v) is 6.37. The van der Waals surface area contributed by atoms with Gasteiger partial charge < -0.3 is 14.7 Å². The van der Waals surface area contributed by atoms with Crippen molar-refractivity contribution in [2.75, 3.05) is 13.7 Å². The smallest absolute Gasteiger partial charge is 0.410 e. The summed E-state index contributed by atoms with van der Waals surface area (Å²) in [6, 6.07) is 5.96. The van der Waals surface area contributed by atoms with E-state index in [2.05, 4.69) is 0 Å². The molecule has 2 fully saturated rings. The molecule has 0 aromatic heterocycles. The van der Waals surface area contributed by atoms with Gasteiger partial charge in [-0.25, -0.2) is 9.18 Å². The molecule has 1 amide bonds. The molecule has 0 spiro atoms. The van der Waals surface area contributed by atoms with Crippen LogP contribution in [0.5, 0.6) is 0 Å². The van der Waals surface area contributed by atoms with Gasteiger partial charge in [0.2, 0.25) is 0 Å². The molecule has 3 rings (SSSR count). The lowest BCUT2D eigenvalue weighted by Gasteiger charge is -2.52. The number of fused-ring (bicyclic) bond motifs is 1. The topological polar surface area (TPSA) is 49.8 Å². The molecule has 1 N–H and O–H groups in total. The molecule has 1 aliphatic heterocycles. The normalized spacial score (nSPS) is 31.5. The van der Waals surface area contributed by atoms with Crippen molar-refractivity contribution in [1.29, 1.82) is 0 Å². The van der Waals surface area contributed by atoms with Gasteiger partial charge >= 0.3 is 6.09 Å². The summed E-state index contributed by atoms with van der Waals surface area (Å²) >= 11 is 0. The third-order valence-electron chi connectivity index (χ3n) is 5.19. The summed E-state index contributed by atoms with van der Waals surface area (Å²) in [4.78, 5) is 13.8. The van der Waals surface area contributed by atoms with Gasteiger partial charge in [-0.15, -0.1) is 0 Å². The lowest BCUT2D eigenvalue weighted by atomic mass is 9.66. The van der Waals surface area contributed by atoms with Crippen LogP contribution in [-0.4, -0.2) is 35.4 Å². The van der Waals surface area contributed by atoms with Crippen LogP contribution in [0, 0.1) is 11.7 Å². The van der Waals surface area contributed by atoms with E-state index in [-0.39, 0.29) is 23.9 Å². The van der Waals surface area contributed by atoms with Crippen LogP contribution < -0.4 is 0 Å². The Kier molecular flexibility index (Phi) is 4.08. The molecular formula is C17H22FNO3. The number of hydrogen-bond donors (Lipinski definition) is 1. The molecule has 0 radical (unpaired) electrons. The maximum absolute atomic E-state index is 13.2. The molecule has 3 atom stereocenters. The molecule has 1 saturated carbocycles. The van der Waals surface area contributed by atoms with E-state index in [0.717, 1.165) is 31.2 Å². The number of aliphatic hydroxyl groups is 1. The zero-order chi connectivity index (χ0) is 15.7. The molecule has 1 aromatic carbocycles. The van der Waals surface area contributed by atoms with Crippen LogP contribution >= 0.6 is 0 Å². The zero-order valence-corrected chi connectivity index (χ0v) is 12.8. The molecule has 4 nitrogen and oxygen atoms in total. The van der Waals surface area contributed by atoms with Crippen molar-refractivity contribution in [2.24, 2.45) is 5.92 Å². The van der Waals surface area contributed by atoms with E-state index in [1.165, 1.54) is 19.2 Å². The molecule has 2 aliphatic rings. The number of piperidine rings is 1. The van der Waals surface area contributed by atoms with Gasteiger partial charge in [0.25, 0.3) is 0 Å². The maximum atomic E-state index is 13.2. The first kappa shape index (κ1) is 15.3. The van der Waals surface area contributed by atoms with Gasteiger partial charge in [-0.05, 0) is 37.0 Å². The second kappa shape index (κ2) is 5.88. The molecule has 1 aliphatic carbocycles. The minimum Gasteiger partial charge on any atom is -0.453 e. The zero-order valence-electron chi connectivity index (χ0n) is 12.8. The molecule has 120 valence electrons. The SMILES string of the molecule is COC(=O)N1CC[C@@]2(O)CCCC[C@@H]2[C@@H]1c1ccc(F)cc1. The number of carbonyl (C=O) groups is 1. The summed E-state index contributed by atoms with van der Waals surface area (Å²) in [5.74, 6) is -0.331. The predicted molar refractivity (Wildman–Crippen MR) is 79.8 cm³/mol. The summed E-state index contributed by atoms with van der Waals surface area (Å²) in [5, 5.41) is 11.0. The number of nitrogens with zero attached hydrogens (tertiary/aromatic N) is 1. The first-order valence-corrected chi connectivity index (χ1v) is 7.87. The van der Waals surface area contributed by atoms with E-state index in [1.807, 2.05) is 0 Å². The average Bonchev–Trinajstić information content (AvgIpc) is 2.53. The van der Waals surface area contributed by atoms with Crippen LogP contribution in [0.2, 0.25) is 0 Å². The molecular weight excluding hydrogens is 285 g/mol. The van der Waals surface area contributed by atoms with Crippen LogP contribution in [0.4, 0.5) is 9.18 Å². The number of hydrogen-bond acceptors (Lipinski definition) is 3. The highest BCUT2D eigenvalue weighted by Gasteiger charge is 2.50. The third-order valence-corrected chi connectivity index (χ3v) is 5.19. The quantitative estimate of drug-likeness (QED) is 0.866. The number of ether oxygens (including phenoxy) is 1. The van der Waals surface area contributed by atoms with Gasteiger partial charge in [0.05, 0.1) is 18.8 Å². The molecule has 5 heteroatoms. The van der Waals surface area contributed by atoms with E-state index in [1.54, 1.807) is 17.0 Å². The molecule has 1 aromatic rings. The monoisotopic (exact) mass is 307 g/mol. The van der Waals surface area contributed by atoms with E-state index < -0.39 is 5.60 Å². The van der Waals surface area contributed by atoms with E-state index >= 15 is 0 Å². The fraction of sp³-hybridized carbons (Fsp3) is 0.588. The average molecular weight is 307 g/mol. The second-order valence-electron chi connectivity index (χ2n) is 6.37. The van der Waals surface area contributed by atoms with Gasteiger partial charge in [0.1, 0.15) is 5.82 Å². The van der Waals surface area contributed by atoms with Gasteiger partial charge in [-0.2, -0.15) is 0 Å². The Bertz CT molecular complexity index is 547. The summed E-state index contributed by atoms with van der Waals surface area (Å²) in [6.07, 6.45) is 3.88. The number of rotatable bonds is 1. The van der Waals surface area contributed by atoms with Crippen molar-refractivity contribution in [3.05, 3.63) is 35.6 Å². The van der Waals surface area contributed by atoms with E-state index in [4.69, 9.17) is 4.74 Å². The Morgan fingerprint density at radius 1 is 1.32 bits per heavy atom. The number of amides is 1. The minimum absolute atomic E-state index is 0.0282. The lowest BCUT2D eigenvalue weighted by molar-refractivity contribution is -0.117. The van der Waals surface area contributed by atoms with Crippen LogP contribution in [-0.2, 0) is 4.74 Å². The fourth-order valence-corrected chi connectivity index (χ4v) is 4.08. The van der Waals surface area contributed by atoms with Gasteiger partial charge in [0, 0.05) is 12.5 Å². The molecule has 22 heavy (non-hydrogen) atoms. The van der Waals surface area contributed by atoms with E-state index in [0.29, 0.717) is 13.0 Å². The van der Waals surface area contributed by atoms with Gasteiger partial charge in [-0.1, -0.05) is 25.0 Å². The summed E-state index contributed by atoms with van der Waals surface area (Å²) < 4.78 is 18.1. The van der Waals surface area contributed by atoms with Crippen LogP contribution in [0.1, 0.15) is 43.7 Å². The van der Waals surface area contributed by atoms with Crippen molar-refractivity contribution in [3.8, 4) is 0 Å². The first-order valence-electron chi connectivity index (χ1n) is 7.87. The number of methoxy groups -OCH3 is 1. The first-order chi connectivity index (χ1) is 10.5. The third kappa shape index (κ3) is 2.58. The maximum Gasteiger partial charge on any atom is 0.410 e. The van der Waals surface area contributed by atoms with Crippen LogP contribution in [0.3, 0.4) is 0 Å². The Morgan fingerprint density at radius 3 is 2.73 bits per heavy atom.